The fraction of sp³-hybridized carbons (Fsp3) is 0.250. The van der Waals surface area contributed by atoms with Crippen molar-refractivity contribution in [3.8, 4) is 0 Å². The van der Waals surface area contributed by atoms with E-state index in [0.717, 1.165) is 6.42 Å². The second-order valence-corrected chi connectivity index (χ2v) is 1.74. The van der Waals surface area contributed by atoms with Crippen LogP contribution in [0.25, 0.3) is 0 Å². The Morgan fingerprint density at radius 1 is 1.00 bits per heavy atom. The van der Waals surface area contributed by atoms with Gasteiger partial charge in [0.05, 0.1) is 0 Å². The molecule has 0 aliphatic carbocycles. The van der Waals surface area contributed by atoms with Gasteiger partial charge in [-0.15, -0.1) is 0 Å². The molecule has 0 bridgehead atoms. The van der Waals surface area contributed by atoms with Crippen LogP contribution in [0.4, 0.5) is 0 Å². The number of aryl methyl sites for hydroxylation is 1. The summed E-state index contributed by atoms with van der Waals surface area (Å²) in [6.45, 7) is 2.13. The quantitative estimate of drug-likeness (QED) is 0.379. The van der Waals surface area contributed by atoms with E-state index in [-0.39, 0.29) is 105 Å². The van der Waals surface area contributed by atoms with E-state index in [9.17, 15) is 0 Å². The molecule has 0 aliphatic heterocycles. The van der Waals surface area contributed by atoms with Crippen LogP contribution in [0.15, 0.2) is 24.3 Å². The van der Waals surface area contributed by atoms with Gasteiger partial charge in [-0.25, -0.2) is 0 Å². The minimum atomic E-state index is 0. The monoisotopic (exact) mass is 1020 g/mol. The van der Waals surface area contributed by atoms with E-state index in [1.165, 1.54) is 5.56 Å². The second kappa shape index (κ2) is 20.1. The van der Waals surface area contributed by atoms with Crippen molar-refractivity contribution in [3.05, 3.63) is 35.9 Å². The predicted molar refractivity (Wildman–Crippen MR) is 34.7 cm³/mol. The molecular weight excluding hydrogens is 1020 g/mol. The molecular formula is C8H9W5-. The molecule has 1 aromatic rings. The molecule has 0 spiro atoms. The van der Waals surface area contributed by atoms with Crippen LogP contribution in [0.1, 0.15) is 12.5 Å². The van der Waals surface area contributed by atoms with Crippen LogP contribution in [-0.2, 0) is 112 Å². The number of benzene rings is 1. The van der Waals surface area contributed by atoms with E-state index < -0.39 is 0 Å². The zero-order valence-corrected chi connectivity index (χ0v) is 21.7. The first-order chi connectivity index (χ1) is 3.93. The Morgan fingerprint density at radius 3 is 1.77 bits per heavy atom. The summed E-state index contributed by atoms with van der Waals surface area (Å²) in [4.78, 5) is 0. The van der Waals surface area contributed by atoms with E-state index in [1.54, 1.807) is 0 Å². The van der Waals surface area contributed by atoms with Crippen LogP contribution in [-0.4, -0.2) is 0 Å². The summed E-state index contributed by atoms with van der Waals surface area (Å²) in [6.07, 6.45) is 1.08. The van der Waals surface area contributed by atoms with Gasteiger partial charge >= 0.3 is 0 Å². The van der Waals surface area contributed by atoms with Crippen molar-refractivity contribution in [2.75, 3.05) is 0 Å². The Morgan fingerprint density at radius 2 is 1.54 bits per heavy atom. The van der Waals surface area contributed by atoms with Gasteiger partial charge in [-0.2, -0.15) is 35.9 Å². The summed E-state index contributed by atoms with van der Waals surface area (Å²) in [5.41, 5.74) is 1.28. The van der Waals surface area contributed by atoms with Crippen molar-refractivity contribution < 1.29 is 105 Å². The molecule has 72 valence electrons. The number of rotatable bonds is 1. The van der Waals surface area contributed by atoms with Gasteiger partial charge in [-0.05, 0) is 0 Å². The van der Waals surface area contributed by atoms with Crippen LogP contribution >= 0.6 is 0 Å². The standard InChI is InChI=1S/C8H9.5W/c1-2-8-6-4-3-5-7-8;;;;;/h3-6H,2H2,1H3;;;;;/q-1;;;;;. The number of hydrogen-bond acceptors (Lipinski definition) is 0. The molecule has 13 heavy (non-hydrogen) atoms. The van der Waals surface area contributed by atoms with Crippen molar-refractivity contribution in [2.24, 2.45) is 0 Å². The molecule has 0 N–H and O–H groups in total. The van der Waals surface area contributed by atoms with Crippen LogP contribution in [0.5, 0.6) is 0 Å². The van der Waals surface area contributed by atoms with Gasteiger partial charge in [0, 0.05) is 105 Å². The van der Waals surface area contributed by atoms with Gasteiger partial charge < -0.3 is 0 Å². The SMILES string of the molecule is CCc1[c-]cccc1.[W].[W].[W].[W].[W]. The fourth-order valence-electron chi connectivity index (χ4n) is 0.650. The van der Waals surface area contributed by atoms with Crippen LogP contribution in [0, 0.1) is 6.07 Å². The largest absolute Gasteiger partial charge is 0.180 e. The normalized spacial score (nSPS) is 5.62. The molecule has 0 radical (unpaired) electrons. The molecule has 0 saturated heterocycles. The molecule has 0 saturated carbocycles. The Balaban J connectivity index is -0.0000000427. The minimum absolute atomic E-state index is 0. The Labute approximate surface area is 152 Å². The Bertz CT molecular complexity index is 154. The summed E-state index contributed by atoms with van der Waals surface area (Å²) >= 11 is 0. The zero-order valence-electron chi connectivity index (χ0n) is 7.06. The molecule has 5 heteroatoms. The van der Waals surface area contributed by atoms with Gasteiger partial charge in [-0.3, -0.25) is 0 Å². The van der Waals surface area contributed by atoms with Gasteiger partial charge in [0.1, 0.15) is 0 Å². The Hall–Kier alpha value is 2.66. The van der Waals surface area contributed by atoms with Gasteiger partial charge in [0.2, 0.25) is 0 Å². The predicted octanol–water partition coefficient (Wildman–Crippen LogP) is 2.04. The third-order valence-corrected chi connectivity index (χ3v) is 1.15. The second-order valence-electron chi connectivity index (χ2n) is 1.74. The van der Waals surface area contributed by atoms with E-state index in [4.69, 9.17) is 0 Å². The molecule has 1 rings (SSSR count). The number of hydrogen-bond donors (Lipinski definition) is 0. The van der Waals surface area contributed by atoms with E-state index >= 15 is 0 Å². The van der Waals surface area contributed by atoms with Crippen molar-refractivity contribution >= 4 is 0 Å². The first kappa shape index (κ1) is 29.6. The maximum atomic E-state index is 3.12. The van der Waals surface area contributed by atoms with Crippen molar-refractivity contribution in [2.45, 2.75) is 13.3 Å². The fourth-order valence-corrected chi connectivity index (χ4v) is 0.650. The van der Waals surface area contributed by atoms with E-state index in [0.29, 0.717) is 0 Å². The van der Waals surface area contributed by atoms with Crippen LogP contribution in [0.3, 0.4) is 0 Å². The van der Waals surface area contributed by atoms with Gasteiger partial charge in [0.15, 0.2) is 0 Å². The molecule has 0 atom stereocenters. The summed E-state index contributed by atoms with van der Waals surface area (Å²) in [5.74, 6) is 0. The van der Waals surface area contributed by atoms with Crippen molar-refractivity contribution in [3.63, 3.8) is 0 Å². The van der Waals surface area contributed by atoms with Crippen molar-refractivity contribution in [1.82, 2.24) is 0 Å². The summed E-state index contributed by atoms with van der Waals surface area (Å²) in [6, 6.07) is 11.2. The molecule has 0 nitrogen and oxygen atoms in total. The third-order valence-electron chi connectivity index (χ3n) is 1.15. The first-order valence-electron chi connectivity index (χ1n) is 2.89. The first-order valence-corrected chi connectivity index (χ1v) is 2.89. The summed E-state index contributed by atoms with van der Waals surface area (Å²) in [7, 11) is 0. The molecule has 0 heterocycles. The summed E-state index contributed by atoms with van der Waals surface area (Å²) < 4.78 is 0. The molecule has 0 fully saturated rings. The van der Waals surface area contributed by atoms with Crippen LogP contribution in [0.2, 0.25) is 0 Å². The average Bonchev–Trinajstić information content (AvgIpc) is 1.90. The smallest absolute Gasteiger partial charge is 0 e. The third kappa shape index (κ3) is 14.7. The minimum Gasteiger partial charge on any atom is -0.180 e. The molecule has 0 aliphatic rings. The molecule has 0 unspecified atom stereocenters. The van der Waals surface area contributed by atoms with E-state index in [2.05, 4.69) is 19.1 Å². The van der Waals surface area contributed by atoms with Crippen LogP contribution < -0.4 is 0 Å². The molecule has 0 aromatic heterocycles. The topological polar surface area (TPSA) is 0 Å². The maximum Gasteiger partial charge on any atom is 0 e. The van der Waals surface area contributed by atoms with Gasteiger partial charge in [-0.1, -0.05) is 13.3 Å². The maximum absolute atomic E-state index is 3.12. The Kier molecular flexibility index (Phi) is 45.8. The molecule has 0 amide bonds. The average molecular weight is 1020 g/mol. The van der Waals surface area contributed by atoms with Gasteiger partial charge in [0.25, 0.3) is 0 Å². The molecule has 1 aromatic carbocycles. The van der Waals surface area contributed by atoms with Crippen molar-refractivity contribution in [1.29, 1.82) is 0 Å². The summed E-state index contributed by atoms with van der Waals surface area (Å²) in [5, 5.41) is 0. The zero-order chi connectivity index (χ0) is 5.82. The van der Waals surface area contributed by atoms with E-state index in [1.807, 2.05) is 18.2 Å².